The average Bonchev–Trinajstić information content (AvgIpc) is 2.49. The number of carbonyl (C=O) groups excluding carboxylic acids is 1. The lowest BCUT2D eigenvalue weighted by molar-refractivity contribution is -0.120. The molecule has 0 unspecified atom stereocenters. The molecule has 2 aromatic carbocycles. The largest absolute Gasteiger partial charge is 0.478 e. The molecule has 2 atom stereocenters. The van der Waals surface area contributed by atoms with Crippen molar-refractivity contribution >= 4 is 12.4 Å². The maximum atomic E-state index is 10.9. The van der Waals surface area contributed by atoms with Gasteiger partial charge in [0, 0.05) is 0 Å². The van der Waals surface area contributed by atoms with Crippen molar-refractivity contribution in [2.24, 2.45) is 0 Å². The van der Waals surface area contributed by atoms with Crippen molar-refractivity contribution < 1.29 is 19.4 Å². The highest BCUT2D eigenvalue weighted by Gasteiger charge is 2.33. The zero-order valence-corrected chi connectivity index (χ0v) is 11.9. The molecular formula is C18H16O4. The Morgan fingerprint density at radius 1 is 0.955 bits per heavy atom. The summed E-state index contributed by atoms with van der Waals surface area (Å²) in [4.78, 5) is 21.2. The first-order valence-electron chi connectivity index (χ1n) is 7.22. The van der Waals surface area contributed by atoms with Gasteiger partial charge in [0.05, 0.1) is 5.56 Å². The minimum atomic E-state index is -0.900. The van der Waals surface area contributed by atoms with Crippen LogP contribution in [0.25, 0.3) is 0 Å². The van der Waals surface area contributed by atoms with Crippen LogP contribution in [0.3, 0.4) is 0 Å². The smallest absolute Gasteiger partial charge is 0.335 e. The van der Waals surface area contributed by atoms with E-state index in [0.717, 1.165) is 12.8 Å². The molecular weight excluding hydrogens is 280 g/mol. The molecule has 0 bridgehead atoms. The van der Waals surface area contributed by atoms with Gasteiger partial charge in [-0.2, -0.15) is 0 Å². The SMILES string of the molecule is O=COc1ccc([C@@H]2CC[C@H]2c2ccc(C(=O)O)cc2)cc1. The minimum absolute atomic E-state index is 0.315. The molecule has 112 valence electrons. The van der Waals surface area contributed by atoms with Gasteiger partial charge >= 0.3 is 5.97 Å². The fourth-order valence-electron chi connectivity index (χ4n) is 3.02. The van der Waals surface area contributed by atoms with Gasteiger partial charge in [-0.05, 0) is 60.1 Å². The van der Waals surface area contributed by atoms with Gasteiger partial charge < -0.3 is 9.84 Å². The van der Waals surface area contributed by atoms with Crippen molar-refractivity contribution in [3.8, 4) is 5.75 Å². The molecule has 0 aromatic heterocycles. The number of rotatable bonds is 5. The van der Waals surface area contributed by atoms with Gasteiger partial charge in [-0.15, -0.1) is 0 Å². The normalized spacial score (nSPS) is 20.0. The third kappa shape index (κ3) is 2.72. The Morgan fingerprint density at radius 2 is 1.45 bits per heavy atom. The maximum Gasteiger partial charge on any atom is 0.335 e. The number of benzene rings is 2. The molecule has 4 heteroatoms. The van der Waals surface area contributed by atoms with Crippen LogP contribution in [0.2, 0.25) is 0 Å². The van der Waals surface area contributed by atoms with Crippen molar-refractivity contribution in [2.45, 2.75) is 24.7 Å². The Kier molecular flexibility index (Phi) is 3.92. The van der Waals surface area contributed by atoms with Crippen LogP contribution in [0, 0.1) is 0 Å². The second-order valence-electron chi connectivity index (χ2n) is 5.50. The number of ether oxygens (including phenoxy) is 1. The molecule has 22 heavy (non-hydrogen) atoms. The number of carbonyl (C=O) groups is 2. The molecule has 0 aliphatic heterocycles. The fraction of sp³-hybridized carbons (Fsp3) is 0.222. The Bertz CT molecular complexity index is 673. The number of hydrogen-bond donors (Lipinski definition) is 1. The average molecular weight is 296 g/mol. The lowest BCUT2D eigenvalue weighted by Crippen LogP contribution is -2.21. The van der Waals surface area contributed by atoms with E-state index < -0.39 is 5.97 Å². The van der Waals surface area contributed by atoms with Crippen molar-refractivity contribution in [3.05, 3.63) is 65.2 Å². The number of aromatic carboxylic acids is 1. The standard InChI is InChI=1S/C18H16O4/c19-11-22-15-7-5-13(6-8-15)17-10-9-16(17)12-1-3-14(4-2-12)18(20)21/h1-8,11,16-17H,9-10H2,(H,20,21)/t16-,17-/m0/s1. The summed E-state index contributed by atoms with van der Waals surface area (Å²) in [5, 5.41) is 8.95. The molecule has 0 amide bonds. The van der Waals surface area contributed by atoms with Crippen LogP contribution in [0.15, 0.2) is 48.5 Å². The van der Waals surface area contributed by atoms with E-state index in [1.54, 1.807) is 24.3 Å². The van der Waals surface area contributed by atoms with Crippen LogP contribution in [0.1, 0.15) is 46.2 Å². The quantitative estimate of drug-likeness (QED) is 0.857. The predicted molar refractivity (Wildman–Crippen MR) is 81.3 cm³/mol. The van der Waals surface area contributed by atoms with Crippen molar-refractivity contribution in [1.29, 1.82) is 0 Å². The van der Waals surface area contributed by atoms with E-state index in [2.05, 4.69) is 0 Å². The summed E-state index contributed by atoms with van der Waals surface area (Å²) in [6.45, 7) is 0.422. The number of hydrogen-bond acceptors (Lipinski definition) is 3. The van der Waals surface area contributed by atoms with E-state index >= 15 is 0 Å². The van der Waals surface area contributed by atoms with Crippen LogP contribution in [0.5, 0.6) is 5.75 Å². The summed E-state index contributed by atoms with van der Waals surface area (Å²) in [5.74, 6) is 0.490. The number of carboxylic acid groups (broad SMARTS) is 1. The van der Waals surface area contributed by atoms with E-state index in [0.29, 0.717) is 29.6 Å². The van der Waals surface area contributed by atoms with E-state index in [4.69, 9.17) is 9.84 Å². The lowest BCUT2D eigenvalue weighted by atomic mass is 9.67. The summed E-state index contributed by atoms with van der Waals surface area (Å²) in [5.41, 5.74) is 2.71. The molecule has 0 spiro atoms. The summed E-state index contributed by atoms with van der Waals surface area (Å²) in [7, 11) is 0. The molecule has 1 aliphatic carbocycles. The Balaban J connectivity index is 1.75. The summed E-state index contributed by atoms with van der Waals surface area (Å²) in [6.07, 6.45) is 2.21. The van der Waals surface area contributed by atoms with Gasteiger partial charge in [0.25, 0.3) is 6.47 Å². The molecule has 1 N–H and O–H groups in total. The monoisotopic (exact) mass is 296 g/mol. The molecule has 0 heterocycles. The van der Waals surface area contributed by atoms with Gasteiger partial charge in [-0.1, -0.05) is 24.3 Å². The summed E-state index contributed by atoms with van der Waals surface area (Å²) < 4.78 is 4.80. The first-order chi connectivity index (χ1) is 10.7. The third-order valence-corrected chi connectivity index (χ3v) is 4.35. The van der Waals surface area contributed by atoms with Gasteiger partial charge in [0.2, 0.25) is 0 Å². The minimum Gasteiger partial charge on any atom is -0.478 e. The zero-order chi connectivity index (χ0) is 15.5. The van der Waals surface area contributed by atoms with Crippen molar-refractivity contribution in [2.75, 3.05) is 0 Å². The Hall–Kier alpha value is -2.62. The van der Waals surface area contributed by atoms with E-state index in [1.165, 1.54) is 11.1 Å². The first kappa shape index (κ1) is 14.3. The molecule has 1 saturated carbocycles. The first-order valence-corrected chi connectivity index (χ1v) is 7.22. The summed E-state index contributed by atoms with van der Waals surface area (Å²) >= 11 is 0. The highest BCUT2D eigenvalue weighted by atomic mass is 16.5. The van der Waals surface area contributed by atoms with E-state index in [9.17, 15) is 9.59 Å². The highest BCUT2D eigenvalue weighted by molar-refractivity contribution is 5.87. The van der Waals surface area contributed by atoms with Crippen LogP contribution in [-0.4, -0.2) is 17.5 Å². The fourth-order valence-corrected chi connectivity index (χ4v) is 3.02. The molecule has 0 saturated heterocycles. The lowest BCUT2D eigenvalue weighted by Gasteiger charge is -2.37. The highest BCUT2D eigenvalue weighted by Crippen LogP contribution is 2.49. The second kappa shape index (κ2) is 6.02. The molecule has 4 nitrogen and oxygen atoms in total. The van der Waals surface area contributed by atoms with Crippen LogP contribution < -0.4 is 4.74 Å². The van der Waals surface area contributed by atoms with Crippen LogP contribution in [-0.2, 0) is 4.79 Å². The second-order valence-corrected chi connectivity index (χ2v) is 5.50. The topological polar surface area (TPSA) is 63.6 Å². The summed E-state index contributed by atoms with van der Waals surface area (Å²) in [6, 6.07) is 14.7. The van der Waals surface area contributed by atoms with Crippen LogP contribution in [0.4, 0.5) is 0 Å². The molecule has 1 fully saturated rings. The van der Waals surface area contributed by atoms with Crippen LogP contribution >= 0.6 is 0 Å². The zero-order valence-electron chi connectivity index (χ0n) is 11.9. The van der Waals surface area contributed by atoms with Gasteiger partial charge in [-0.3, -0.25) is 4.79 Å². The Morgan fingerprint density at radius 3 is 1.86 bits per heavy atom. The van der Waals surface area contributed by atoms with Crippen molar-refractivity contribution in [3.63, 3.8) is 0 Å². The van der Waals surface area contributed by atoms with E-state index in [-0.39, 0.29) is 0 Å². The van der Waals surface area contributed by atoms with Gasteiger partial charge in [0.1, 0.15) is 5.75 Å². The Labute approximate surface area is 128 Å². The molecule has 1 aliphatic rings. The predicted octanol–water partition coefficient (Wildman–Crippen LogP) is 3.58. The third-order valence-electron chi connectivity index (χ3n) is 4.35. The van der Waals surface area contributed by atoms with Gasteiger partial charge in [0.15, 0.2) is 0 Å². The maximum absolute atomic E-state index is 10.9. The van der Waals surface area contributed by atoms with E-state index in [1.807, 2.05) is 24.3 Å². The molecule has 2 aromatic rings. The molecule has 0 radical (unpaired) electrons. The van der Waals surface area contributed by atoms with Gasteiger partial charge in [-0.25, -0.2) is 4.79 Å². The molecule has 3 rings (SSSR count). The van der Waals surface area contributed by atoms with Crippen molar-refractivity contribution in [1.82, 2.24) is 0 Å². The number of carboxylic acids is 1.